The Morgan fingerprint density at radius 2 is 2.12 bits per heavy atom. The Hall–Kier alpha value is -1.83. The van der Waals surface area contributed by atoms with Crippen molar-refractivity contribution in [1.82, 2.24) is 4.98 Å². The fourth-order valence-corrected chi connectivity index (χ4v) is 1.21. The van der Waals surface area contributed by atoms with Crippen LogP contribution in [0.1, 0.15) is 22.5 Å². The van der Waals surface area contributed by atoms with Gasteiger partial charge in [-0.05, 0) is 11.6 Å². The summed E-state index contributed by atoms with van der Waals surface area (Å²) in [7, 11) is 0. The number of carbonyl (C=O) groups excluding carboxylic acids is 1. The number of carbonyl (C=O) groups is 1. The summed E-state index contributed by atoms with van der Waals surface area (Å²) in [5.74, 6) is 0. The minimum Gasteiger partial charge on any atom is -0.313 e. The summed E-state index contributed by atoms with van der Waals surface area (Å²) in [5.41, 5.74) is -4.34. The van der Waals surface area contributed by atoms with Crippen LogP contribution >= 0.6 is 11.6 Å². The third-order valence-corrected chi connectivity index (χ3v) is 1.85. The predicted molar refractivity (Wildman–Crippen MR) is 48.9 cm³/mol. The van der Waals surface area contributed by atoms with Crippen molar-refractivity contribution in [2.75, 3.05) is 0 Å². The zero-order valence-corrected chi connectivity index (χ0v) is 8.12. The summed E-state index contributed by atoms with van der Waals surface area (Å²) >= 11 is 4.94. The van der Waals surface area contributed by atoms with Crippen LogP contribution in [0.15, 0.2) is 10.9 Å². The number of H-pyrrole nitrogens is 1. The van der Waals surface area contributed by atoms with Crippen LogP contribution in [0.3, 0.4) is 0 Å². The molecule has 0 aromatic carbocycles. The maximum Gasteiger partial charge on any atom is 0.306 e. The van der Waals surface area contributed by atoms with E-state index in [9.17, 15) is 28.5 Å². The Bertz CT molecular complexity index is 514. The van der Waals surface area contributed by atoms with Gasteiger partial charge >= 0.3 is 5.69 Å². The second-order valence-corrected chi connectivity index (χ2v) is 2.99. The smallest absolute Gasteiger partial charge is 0.306 e. The monoisotopic (exact) mass is 252 g/mol. The molecule has 0 spiro atoms. The van der Waals surface area contributed by atoms with Gasteiger partial charge in [-0.1, -0.05) is 0 Å². The van der Waals surface area contributed by atoms with Gasteiger partial charge in [0.1, 0.15) is 5.56 Å². The molecule has 0 fully saturated rings. The highest BCUT2D eigenvalue weighted by Crippen LogP contribution is 2.30. The Morgan fingerprint density at radius 1 is 1.56 bits per heavy atom. The second-order valence-electron chi connectivity index (χ2n) is 2.64. The fraction of sp³-hybridized carbons (Fsp3) is 0.143. The SMILES string of the molecule is O=C(Cl)c1[nH]c(=O)cc(C(F)F)c1[N+](=O)[O-]. The van der Waals surface area contributed by atoms with Crippen molar-refractivity contribution >= 4 is 22.5 Å². The molecule has 0 aliphatic carbocycles. The highest BCUT2D eigenvalue weighted by Gasteiger charge is 2.29. The first-order valence-electron chi connectivity index (χ1n) is 3.74. The van der Waals surface area contributed by atoms with Crippen molar-refractivity contribution in [3.63, 3.8) is 0 Å². The lowest BCUT2D eigenvalue weighted by molar-refractivity contribution is -0.386. The Balaban J connectivity index is 3.67. The van der Waals surface area contributed by atoms with Crippen molar-refractivity contribution < 1.29 is 18.5 Å². The minimum absolute atomic E-state index is 0.353. The van der Waals surface area contributed by atoms with Crippen LogP contribution in [0, 0.1) is 10.1 Å². The summed E-state index contributed by atoms with van der Waals surface area (Å²) in [6, 6.07) is 0.353. The number of aromatic amines is 1. The summed E-state index contributed by atoms with van der Waals surface area (Å²) in [6.07, 6.45) is -3.25. The van der Waals surface area contributed by atoms with Gasteiger partial charge in [-0.15, -0.1) is 0 Å². The van der Waals surface area contributed by atoms with E-state index < -0.39 is 39.1 Å². The zero-order chi connectivity index (χ0) is 12.5. The number of nitro groups is 1. The van der Waals surface area contributed by atoms with Crippen molar-refractivity contribution in [1.29, 1.82) is 0 Å². The van der Waals surface area contributed by atoms with Gasteiger partial charge in [-0.3, -0.25) is 19.7 Å². The normalized spacial score (nSPS) is 10.5. The number of nitrogens with zero attached hydrogens (tertiary/aromatic N) is 1. The molecule has 1 heterocycles. The van der Waals surface area contributed by atoms with E-state index in [0.717, 1.165) is 0 Å². The highest BCUT2D eigenvalue weighted by atomic mass is 35.5. The first-order valence-corrected chi connectivity index (χ1v) is 4.12. The van der Waals surface area contributed by atoms with Crippen LogP contribution in [0.2, 0.25) is 0 Å². The molecular formula is C7H3ClF2N2O4. The Morgan fingerprint density at radius 3 is 2.50 bits per heavy atom. The molecule has 1 rings (SSSR count). The van der Waals surface area contributed by atoms with Crippen molar-refractivity contribution in [3.8, 4) is 0 Å². The van der Waals surface area contributed by atoms with Gasteiger partial charge in [0, 0.05) is 6.07 Å². The summed E-state index contributed by atoms with van der Waals surface area (Å²) in [4.78, 5) is 32.7. The molecule has 0 aliphatic heterocycles. The third-order valence-electron chi connectivity index (χ3n) is 1.66. The molecule has 16 heavy (non-hydrogen) atoms. The van der Waals surface area contributed by atoms with E-state index in [0.29, 0.717) is 6.07 Å². The predicted octanol–water partition coefficient (Wildman–Crippen LogP) is 1.60. The minimum atomic E-state index is -3.25. The van der Waals surface area contributed by atoms with Crippen LogP contribution in [0.5, 0.6) is 0 Å². The van der Waals surface area contributed by atoms with Crippen LogP contribution < -0.4 is 5.56 Å². The van der Waals surface area contributed by atoms with Gasteiger partial charge in [0.15, 0.2) is 5.69 Å². The fourth-order valence-electron chi connectivity index (χ4n) is 1.08. The van der Waals surface area contributed by atoms with E-state index >= 15 is 0 Å². The average molecular weight is 253 g/mol. The first kappa shape index (κ1) is 12.2. The molecule has 0 radical (unpaired) electrons. The molecule has 6 nitrogen and oxygen atoms in total. The Labute approximate surface area is 91.0 Å². The van der Waals surface area contributed by atoms with Crippen LogP contribution in [0.4, 0.5) is 14.5 Å². The summed E-state index contributed by atoms with van der Waals surface area (Å²) < 4.78 is 24.8. The molecule has 0 amide bonds. The van der Waals surface area contributed by atoms with E-state index in [4.69, 9.17) is 11.6 Å². The summed E-state index contributed by atoms with van der Waals surface area (Å²) in [6.45, 7) is 0. The molecule has 0 saturated heterocycles. The number of pyridine rings is 1. The number of aromatic nitrogens is 1. The van der Waals surface area contributed by atoms with Gasteiger partial charge in [0.25, 0.3) is 11.7 Å². The molecule has 86 valence electrons. The lowest BCUT2D eigenvalue weighted by Gasteiger charge is -2.03. The van der Waals surface area contributed by atoms with Crippen LogP contribution in [-0.4, -0.2) is 15.1 Å². The van der Waals surface area contributed by atoms with Gasteiger partial charge in [0.05, 0.1) is 4.92 Å². The van der Waals surface area contributed by atoms with Gasteiger partial charge in [-0.25, -0.2) is 8.78 Å². The van der Waals surface area contributed by atoms with E-state index in [-0.39, 0.29) is 0 Å². The number of nitrogens with one attached hydrogen (secondary N) is 1. The van der Waals surface area contributed by atoms with Gasteiger partial charge in [0.2, 0.25) is 5.56 Å². The average Bonchev–Trinajstić information content (AvgIpc) is 2.15. The molecule has 1 N–H and O–H groups in total. The van der Waals surface area contributed by atoms with Crippen LogP contribution in [0.25, 0.3) is 0 Å². The van der Waals surface area contributed by atoms with Crippen molar-refractivity contribution in [2.45, 2.75) is 6.43 Å². The second kappa shape index (κ2) is 4.35. The molecule has 0 unspecified atom stereocenters. The Kier molecular flexibility index (Phi) is 3.33. The van der Waals surface area contributed by atoms with Crippen molar-refractivity contribution in [3.05, 3.63) is 37.8 Å². The number of rotatable bonds is 3. The molecule has 0 bridgehead atoms. The largest absolute Gasteiger partial charge is 0.313 e. The molecule has 0 saturated carbocycles. The van der Waals surface area contributed by atoms with Gasteiger partial charge < -0.3 is 4.98 Å². The number of alkyl halides is 2. The zero-order valence-electron chi connectivity index (χ0n) is 7.37. The van der Waals surface area contributed by atoms with Gasteiger partial charge in [-0.2, -0.15) is 0 Å². The molecule has 0 atom stereocenters. The van der Waals surface area contributed by atoms with E-state index in [1.54, 1.807) is 4.98 Å². The summed E-state index contributed by atoms with van der Waals surface area (Å²) in [5, 5.41) is 9.12. The quantitative estimate of drug-likeness (QED) is 0.502. The van der Waals surface area contributed by atoms with Crippen LogP contribution in [-0.2, 0) is 0 Å². The topological polar surface area (TPSA) is 93.1 Å². The third kappa shape index (κ3) is 2.22. The molecule has 1 aromatic rings. The molecule has 0 aliphatic rings. The van der Waals surface area contributed by atoms with E-state index in [1.807, 2.05) is 0 Å². The van der Waals surface area contributed by atoms with Crippen molar-refractivity contribution in [2.24, 2.45) is 0 Å². The molecule has 9 heteroatoms. The van der Waals surface area contributed by atoms with E-state index in [1.165, 1.54) is 0 Å². The lowest BCUT2D eigenvalue weighted by atomic mass is 10.2. The number of halogens is 3. The number of hydrogen-bond donors (Lipinski definition) is 1. The maximum absolute atomic E-state index is 12.4. The standard InChI is InChI=1S/C7H3ClF2N2O4/c8-6(14)4-5(12(15)16)2(7(9)10)1-3(13)11-4/h1,7H,(H,11,13). The van der Waals surface area contributed by atoms with E-state index in [2.05, 4.69) is 0 Å². The molecular weight excluding hydrogens is 250 g/mol. The number of hydrogen-bond acceptors (Lipinski definition) is 4. The molecule has 1 aromatic heterocycles. The highest BCUT2D eigenvalue weighted by molar-refractivity contribution is 6.67. The first-order chi connectivity index (χ1) is 7.34. The lowest BCUT2D eigenvalue weighted by Crippen LogP contribution is -2.15. The maximum atomic E-state index is 12.4.